The van der Waals surface area contributed by atoms with Crippen molar-refractivity contribution in [3.05, 3.63) is 18.0 Å². The van der Waals surface area contributed by atoms with Crippen LogP contribution in [-0.4, -0.2) is 35.4 Å². The Hall–Kier alpha value is -1.57. The third-order valence-electron chi connectivity index (χ3n) is 1.65. The van der Waals surface area contributed by atoms with E-state index in [9.17, 15) is 18.0 Å². The van der Waals surface area contributed by atoms with E-state index in [0.29, 0.717) is 6.54 Å². The Morgan fingerprint density at radius 2 is 2.25 bits per heavy atom. The van der Waals surface area contributed by atoms with Gasteiger partial charge in [0.2, 0.25) is 5.91 Å². The molecule has 1 aromatic rings. The Labute approximate surface area is 89.4 Å². The standard InChI is InChI=1S/C8H11F3N4O/c9-8(10,11)5-13-7(16)4-12-3-6-1-2-14-15-6/h1-2,12H,3-5H2,(H,13,16)(H,14,15). The first-order valence-electron chi connectivity index (χ1n) is 4.50. The second kappa shape index (κ2) is 5.50. The first-order chi connectivity index (χ1) is 7.47. The monoisotopic (exact) mass is 236 g/mol. The lowest BCUT2D eigenvalue weighted by molar-refractivity contribution is -0.137. The Morgan fingerprint density at radius 3 is 2.81 bits per heavy atom. The van der Waals surface area contributed by atoms with Gasteiger partial charge in [0.05, 0.1) is 6.54 Å². The molecule has 5 nitrogen and oxygen atoms in total. The molecule has 0 aromatic carbocycles. The number of halogens is 3. The number of nitrogens with zero attached hydrogens (tertiary/aromatic N) is 1. The second-order valence-corrected chi connectivity index (χ2v) is 3.08. The summed E-state index contributed by atoms with van der Waals surface area (Å²) >= 11 is 0. The van der Waals surface area contributed by atoms with Gasteiger partial charge in [0.1, 0.15) is 6.54 Å². The fourth-order valence-corrected chi connectivity index (χ4v) is 0.955. The van der Waals surface area contributed by atoms with Crippen LogP contribution < -0.4 is 10.6 Å². The summed E-state index contributed by atoms with van der Waals surface area (Å²) in [6.07, 6.45) is -2.83. The van der Waals surface area contributed by atoms with Crippen molar-refractivity contribution in [2.75, 3.05) is 13.1 Å². The highest BCUT2D eigenvalue weighted by atomic mass is 19.4. The maximum atomic E-state index is 11.7. The Kier molecular flexibility index (Phi) is 4.29. The summed E-state index contributed by atoms with van der Waals surface area (Å²) in [5.41, 5.74) is 0.753. The van der Waals surface area contributed by atoms with Gasteiger partial charge < -0.3 is 10.6 Å². The third-order valence-corrected chi connectivity index (χ3v) is 1.65. The topological polar surface area (TPSA) is 69.8 Å². The van der Waals surface area contributed by atoms with Gasteiger partial charge in [-0.1, -0.05) is 0 Å². The molecule has 0 aliphatic carbocycles. The summed E-state index contributed by atoms with van der Waals surface area (Å²) in [6.45, 7) is -1.13. The highest BCUT2D eigenvalue weighted by Gasteiger charge is 2.27. The Balaban J connectivity index is 2.11. The summed E-state index contributed by atoms with van der Waals surface area (Å²) < 4.78 is 35.1. The van der Waals surface area contributed by atoms with E-state index in [1.54, 1.807) is 17.6 Å². The predicted molar refractivity (Wildman–Crippen MR) is 49.4 cm³/mol. The molecule has 1 rings (SSSR count). The number of aromatic amines is 1. The molecule has 1 heterocycles. The predicted octanol–water partition coefficient (Wildman–Crippen LogP) is 0.178. The molecule has 0 fully saturated rings. The average Bonchev–Trinajstić information content (AvgIpc) is 2.66. The van der Waals surface area contributed by atoms with Gasteiger partial charge in [-0.25, -0.2) is 0 Å². The lowest BCUT2D eigenvalue weighted by Crippen LogP contribution is -2.39. The van der Waals surface area contributed by atoms with Gasteiger partial charge in [-0.05, 0) is 6.07 Å². The van der Waals surface area contributed by atoms with Gasteiger partial charge in [0.25, 0.3) is 0 Å². The normalized spacial score (nSPS) is 11.4. The number of alkyl halides is 3. The smallest absolute Gasteiger partial charge is 0.346 e. The molecule has 8 heteroatoms. The Bertz CT molecular complexity index is 323. The molecule has 0 aliphatic heterocycles. The molecule has 3 N–H and O–H groups in total. The fraction of sp³-hybridized carbons (Fsp3) is 0.500. The minimum absolute atomic E-state index is 0.172. The molecule has 0 spiro atoms. The van der Waals surface area contributed by atoms with Crippen LogP contribution >= 0.6 is 0 Å². The van der Waals surface area contributed by atoms with Crippen LogP contribution in [0.1, 0.15) is 5.69 Å². The number of hydrogen-bond acceptors (Lipinski definition) is 3. The largest absolute Gasteiger partial charge is 0.405 e. The average molecular weight is 236 g/mol. The van der Waals surface area contributed by atoms with E-state index in [0.717, 1.165) is 5.69 Å². The molecule has 0 aliphatic rings. The number of amides is 1. The number of hydrogen-bond donors (Lipinski definition) is 3. The van der Waals surface area contributed by atoms with Crippen LogP contribution in [0.4, 0.5) is 13.2 Å². The Morgan fingerprint density at radius 1 is 1.50 bits per heavy atom. The number of H-pyrrole nitrogens is 1. The molecule has 0 unspecified atom stereocenters. The molecule has 0 bridgehead atoms. The maximum absolute atomic E-state index is 11.7. The van der Waals surface area contributed by atoms with E-state index >= 15 is 0 Å². The molecule has 1 amide bonds. The van der Waals surface area contributed by atoms with Gasteiger partial charge in [0, 0.05) is 18.4 Å². The van der Waals surface area contributed by atoms with Crippen LogP contribution in [0.3, 0.4) is 0 Å². The highest BCUT2D eigenvalue weighted by Crippen LogP contribution is 2.11. The molecule has 16 heavy (non-hydrogen) atoms. The lowest BCUT2D eigenvalue weighted by Gasteiger charge is -2.08. The first kappa shape index (κ1) is 12.5. The quantitative estimate of drug-likeness (QED) is 0.683. The van der Waals surface area contributed by atoms with Crippen LogP contribution in [-0.2, 0) is 11.3 Å². The van der Waals surface area contributed by atoms with Crippen molar-refractivity contribution in [1.82, 2.24) is 20.8 Å². The van der Waals surface area contributed by atoms with E-state index in [1.165, 1.54) is 0 Å². The molecular weight excluding hydrogens is 225 g/mol. The van der Waals surface area contributed by atoms with Crippen LogP contribution in [0, 0.1) is 0 Å². The zero-order valence-electron chi connectivity index (χ0n) is 8.27. The van der Waals surface area contributed by atoms with Gasteiger partial charge >= 0.3 is 6.18 Å². The summed E-state index contributed by atoms with van der Waals surface area (Å²) in [6, 6.07) is 1.70. The summed E-state index contributed by atoms with van der Waals surface area (Å²) in [5.74, 6) is -0.697. The van der Waals surface area contributed by atoms with Crippen molar-refractivity contribution in [2.24, 2.45) is 0 Å². The van der Waals surface area contributed by atoms with Crippen molar-refractivity contribution in [1.29, 1.82) is 0 Å². The van der Waals surface area contributed by atoms with Gasteiger partial charge in [-0.2, -0.15) is 18.3 Å². The second-order valence-electron chi connectivity index (χ2n) is 3.08. The van der Waals surface area contributed by atoms with Crippen LogP contribution in [0.5, 0.6) is 0 Å². The van der Waals surface area contributed by atoms with Gasteiger partial charge in [-0.15, -0.1) is 0 Å². The van der Waals surface area contributed by atoms with Crippen molar-refractivity contribution < 1.29 is 18.0 Å². The fourth-order valence-electron chi connectivity index (χ4n) is 0.955. The zero-order chi connectivity index (χ0) is 12.0. The van der Waals surface area contributed by atoms with E-state index < -0.39 is 18.6 Å². The van der Waals surface area contributed by atoms with Crippen molar-refractivity contribution in [3.63, 3.8) is 0 Å². The van der Waals surface area contributed by atoms with Crippen molar-refractivity contribution >= 4 is 5.91 Å². The minimum Gasteiger partial charge on any atom is -0.346 e. The molecule has 0 saturated heterocycles. The minimum atomic E-state index is -4.38. The van der Waals surface area contributed by atoms with E-state index in [4.69, 9.17) is 0 Å². The zero-order valence-corrected chi connectivity index (χ0v) is 8.27. The molecule has 0 atom stereocenters. The van der Waals surface area contributed by atoms with E-state index in [-0.39, 0.29) is 6.54 Å². The third kappa shape index (κ3) is 5.35. The maximum Gasteiger partial charge on any atom is 0.405 e. The number of carbonyl (C=O) groups is 1. The van der Waals surface area contributed by atoms with Crippen molar-refractivity contribution in [3.8, 4) is 0 Å². The summed E-state index contributed by atoms with van der Waals surface area (Å²) in [7, 11) is 0. The first-order valence-corrected chi connectivity index (χ1v) is 4.50. The van der Waals surface area contributed by atoms with Crippen LogP contribution in [0.2, 0.25) is 0 Å². The van der Waals surface area contributed by atoms with E-state index in [2.05, 4.69) is 15.5 Å². The molecule has 90 valence electrons. The summed E-state index contributed by atoms with van der Waals surface area (Å²) in [4.78, 5) is 10.9. The van der Waals surface area contributed by atoms with Crippen LogP contribution in [0.15, 0.2) is 12.3 Å². The summed E-state index contributed by atoms with van der Waals surface area (Å²) in [5, 5.41) is 10.7. The molecule has 0 saturated carbocycles. The highest BCUT2D eigenvalue weighted by molar-refractivity contribution is 5.77. The number of carbonyl (C=O) groups excluding carboxylic acids is 1. The van der Waals surface area contributed by atoms with Crippen molar-refractivity contribution in [2.45, 2.75) is 12.7 Å². The number of nitrogens with one attached hydrogen (secondary N) is 3. The van der Waals surface area contributed by atoms with Crippen LogP contribution in [0.25, 0.3) is 0 Å². The molecule has 1 aromatic heterocycles. The number of rotatable bonds is 5. The van der Waals surface area contributed by atoms with Gasteiger partial charge in [0.15, 0.2) is 0 Å². The van der Waals surface area contributed by atoms with E-state index in [1.807, 2.05) is 0 Å². The molecular formula is C8H11F3N4O. The molecule has 0 radical (unpaired) electrons. The van der Waals surface area contributed by atoms with Gasteiger partial charge in [-0.3, -0.25) is 9.89 Å². The lowest BCUT2D eigenvalue weighted by atomic mass is 10.4. The number of aromatic nitrogens is 2. The SMILES string of the molecule is O=C(CNCc1ccn[nH]1)NCC(F)(F)F.